The van der Waals surface area contributed by atoms with E-state index in [9.17, 15) is 9.59 Å². The summed E-state index contributed by atoms with van der Waals surface area (Å²) in [7, 11) is 0. The third-order valence-electron chi connectivity index (χ3n) is 6.09. The zero-order chi connectivity index (χ0) is 24.8. The topological polar surface area (TPSA) is 97.6 Å². The van der Waals surface area contributed by atoms with Crippen LogP contribution < -0.4 is 33.8 Å². The minimum absolute atomic E-state index is 0.122. The summed E-state index contributed by atoms with van der Waals surface area (Å²) >= 11 is 1.26. The fourth-order valence-electron chi connectivity index (χ4n) is 4.49. The maximum atomic E-state index is 13.8. The van der Waals surface area contributed by atoms with Gasteiger partial charge in [0.2, 0.25) is 6.79 Å². The summed E-state index contributed by atoms with van der Waals surface area (Å²) in [6.07, 6.45) is 1.79. The van der Waals surface area contributed by atoms with E-state index in [4.69, 9.17) is 23.7 Å². The molecule has 0 radical (unpaired) electrons. The standard InChI is InChI=1S/C26H22N2O7S/c1-3-31-25(30)22-14(2)27-26-28(23(22)16-5-7-18-20(12-16)35-13-34-18)24(29)21(36-26)11-15-4-6-17-19(10-15)33-9-8-32-17/h4-7,10-12,23H,3,8-9,13H2,1-2H3. The van der Waals surface area contributed by atoms with Crippen LogP contribution in [0.4, 0.5) is 0 Å². The number of hydrogen-bond acceptors (Lipinski definition) is 9. The molecule has 0 saturated carbocycles. The van der Waals surface area contributed by atoms with E-state index in [1.165, 1.54) is 11.3 Å². The van der Waals surface area contributed by atoms with Crippen LogP contribution in [0.3, 0.4) is 0 Å². The van der Waals surface area contributed by atoms with Crippen molar-refractivity contribution >= 4 is 23.4 Å². The minimum atomic E-state index is -0.725. The van der Waals surface area contributed by atoms with Gasteiger partial charge in [0.15, 0.2) is 27.8 Å². The van der Waals surface area contributed by atoms with Gasteiger partial charge in [0.05, 0.1) is 28.5 Å². The zero-order valence-electron chi connectivity index (χ0n) is 19.6. The molecule has 184 valence electrons. The number of carbonyl (C=O) groups is 1. The molecule has 0 aliphatic carbocycles. The fraction of sp³-hybridized carbons (Fsp3) is 0.269. The molecule has 0 fully saturated rings. The van der Waals surface area contributed by atoms with Crippen LogP contribution in [0.1, 0.15) is 31.0 Å². The van der Waals surface area contributed by atoms with E-state index in [0.29, 0.717) is 62.4 Å². The Hall–Kier alpha value is -4.05. The number of ether oxygens (including phenoxy) is 5. The normalized spacial score (nSPS) is 18.1. The molecule has 1 aromatic heterocycles. The van der Waals surface area contributed by atoms with Gasteiger partial charge in [0.1, 0.15) is 13.2 Å². The quantitative estimate of drug-likeness (QED) is 0.501. The summed E-state index contributed by atoms with van der Waals surface area (Å²) in [6.45, 7) is 4.81. The van der Waals surface area contributed by atoms with Crippen LogP contribution in [-0.4, -0.2) is 37.1 Å². The molecule has 0 bridgehead atoms. The molecular formula is C26H22N2O7S. The number of thiazole rings is 1. The maximum Gasteiger partial charge on any atom is 0.338 e. The fourth-order valence-corrected chi connectivity index (χ4v) is 5.54. The van der Waals surface area contributed by atoms with Gasteiger partial charge in [-0.25, -0.2) is 9.79 Å². The van der Waals surface area contributed by atoms with Crippen LogP contribution in [0.2, 0.25) is 0 Å². The number of nitrogens with zero attached hydrogens (tertiary/aromatic N) is 2. The first kappa shape index (κ1) is 22.4. The van der Waals surface area contributed by atoms with Gasteiger partial charge >= 0.3 is 5.97 Å². The van der Waals surface area contributed by atoms with Crippen molar-refractivity contribution in [2.75, 3.05) is 26.6 Å². The summed E-state index contributed by atoms with van der Waals surface area (Å²) < 4.78 is 29.6. The average molecular weight is 507 g/mol. The highest BCUT2D eigenvalue weighted by Gasteiger charge is 2.34. The molecule has 0 amide bonds. The highest BCUT2D eigenvalue weighted by atomic mass is 32.1. The van der Waals surface area contributed by atoms with Crippen molar-refractivity contribution in [3.8, 4) is 23.0 Å². The van der Waals surface area contributed by atoms with Crippen LogP contribution in [0.25, 0.3) is 6.08 Å². The molecule has 36 heavy (non-hydrogen) atoms. The molecule has 0 N–H and O–H groups in total. The number of esters is 1. The Morgan fingerprint density at radius 2 is 1.81 bits per heavy atom. The van der Waals surface area contributed by atoms with E-state index in [-0.39, 0.29) is 19.0 Å². The van der Waals surface area contributed by atoms with Crippen LogP contribution in [0.5, 0.6) is 23.0 Å². The summed E-state index contributed by atoms with van der Waals surface area (Å²) in [5.74, 6) is 1.98. The van der Waals surface area contributed by atoms with Crippen LogP contribution in [-0.2, 0) is 9.53 Å². The molecule has 9 nitrogen and oxygen atoms in total. The Kier molecular flexibility index (Phi) is 5.52. The summed E-state index contributed by atoms with van der Waals surface area (Å²) in [5, 5.41) is 0. The second-order valence-electron chi connectivity index (χ2n) is 8.32. The van der Waals surface area contributed by atoms with Crippen molar-refractivity contribution in [1.82, 2.24) is 4.57 Å². The lowest BCUT2D eigenvalue weighted by atomic mass is 9.95. The highest BCUT2D eigenvalue weighted by molar-refractivity contribution is 7.07. The largest absolute Gasteiger partial charge is 0.486 e. The van der Waals surface area contributed by atoms with E-state index in [1.807, 2.05) is 24.3 Å². The summed E-state index contributed by atoms with van der Waals surface area (Å²) in [5.41, 5.74) is 2.05. The van der Waals surface area contributed by atoms with Crippen LogP contribution in [0.15, 0.2) is 57.5 Å². The molecule has 3 aliphatic heterocycles. The molecule has 0 saturated heterocycles. The maximum absolute atomic E-state index is 13.8. The second-order valence-corrected chi connectivity index (χ2v) is 9.33. The number of benzene rings is 2. The predicted molar refractivity (Wildman–Crippen MR) is 130 cm³/mol. The number of carbonyl (C=O) groups excluding carboxylic acids is 1. The van der Waals surface area contributed by atoms with E-state index in [0.717, 1.165) is 5.56 Å². The van der Waals surface area contributed by atoms with Crippen molar-refractivity contribution in [2.24, 2.45) is 4.99 Å². The monoisotopic (exact) mass is 506 g/mol. The first-order valence-corrected chi connectivity index (χ1v) is 12.3. The first-order valence-electron chi connectivity index (χ1n) is 11.5. The number of hydrogen-bond donors (Lipinski definition) is 0. The second kappa shape index (κ2) is 8.87. The van der Waals surface area contributed by atoms with E-state index in [1.54, 1.807) is 36.6 Å². The van der Waals surface area contributed by atoms with Crippen molar-refractivity contribution < 1.29 is 28.5 Å². The van der Waals surface area contributed by atoms with Crippen LogP contribution in [0, 0.1) is 0 Å². The van der Waals surface area contributed by atoms with Crippen molar-refractivity contribution in [3.63, 3.8) is 0 Å². The molecule has 2 aromatic carbocycles. The Labute approximate surface area is 209 Å². The molecule has 4 heterocycles. The molecule has 1 atom stereocenters. The lowest BCUT2D eigenvalue weighted by molar-refractivity contribution is -0.139. The van der Waals surface area contributed by atoms with Crippen molar-refractivity contribution in [1.29, 1.82) is 0 Å². The lowest BCUT2D eigenvalue weighted by Crippen LogP contribution is -2.39. The SMILES string of the molecule is CCOC(=O)C1=C(C)N=c2sc(=Cc3ccc4c(c3)OCCO4)c(=O)n2C1c1ccc2c(c1)OCO2. The molecule has 0 spiro atoms. The third-order valence-corrected chi connectivity index (χ3v) is 7.08. The van der Waals surface area contributed by atoms with Gasteiger partial charge in [0.25, 0.3) is 5.56 Å². The Morgan fingerprint density at radius 3 is 2.64 bits per heavy atom. The van der Waals surface area contributed by atoms with Gasteiger partial charge < -0.3 is 23.7 Å². The third kappa shape index (κ3) is 3.74. The molecule has 6 rings (SSSR count). The Bertz CT molecular complexity index is 1600. The van der Waals surface area contributed by atoms with E-state index >= 15 is 0 Å². The zero-order valence-corrected chi connectivity index (χ0v) is 20.4. The van der Waals surface area contributed by atoms with E-state index < -0.39 is 12.0 Å². The summed E-state index contributed by atoms with van der Waals surface area (Å²) in [6, 6.07) is 10.2. The molecular weight excluding hydrogens is 484 g/mol. The highest BCUT2D eigenvalue weighted by Crippen LogP contribution is 2.38. The molecule has 1 unspecified atom stereocenters. The molecule has 3 aromatic rings. The molecule has 3 aliphatic rings. The van der Waals surface area contributed by atoms with Gasteiger partial charge in [-0.1, -0.05) is 23.5 Å². The minimum Gasteiger partial charge on any atom is -0.486 e. The lowest BCUT2D eigenvalue weighted by Gasteiger charge is -2.24. The van der Waals surface area contributed by atoms with Gasteiger partial charge in [-0.3, -0.25) is 9.36 Å². The number of allylic oxidation sites excluding steroid dienone is 1. The predicted octanol–water partition coefficient (Wildman–Crippen LogP) is 2.30. The van der Waals surface area contributed by atoms with Crippen molar-refractivity contribution in [2.45, 2.75) is 19.9 Å². The van der Waals surface area contributed by atoms with Gasteiger partial charge in [-0.2, -0.15) is 0 Å². The summed E-state index contributed by atoms with van der Waals surface area (Å²) in [4.78, 5) is 31.9. The molecule has 10 heteroatoms. The smallest absolute Gasteiger partial charge is 0.338 e. The number of aromatic nitrogens is 1. The average Bonchev–Trinajstić information content (AvgIpc) is 3.47. The van der Waals surface area contributed by atoms with E-state index in [2.05, 4.69) is 4.99 Å². The van der Waals surface area contributed by atoms with Gasteiger partial charge in [0, 0.05) is 0 Å². The number of fused-ring (bicyclic) bond motifs is 3. The Morgan fingerprint density at radius 1 is 1.08 bits per heavy atom. The van der Waals surface area contributed by atoms with Crippen LogP contribution >= 0.6 is 11.3 Å². The van der Waals surface area contributed by atoms with Gasteiger partial charge in [-0.15, -0.1) is 0 Å². The Balaban J connectivity index is 1.51. The number of rotatable bonds is 4. The first-order chi connectivity index (χ1) is 17.5. The van der Waals surface area contributed by atoms with Crippen molar-refractivity contribution in [3.05, 3.63) is 78.5 Å². The van der Waals surface area contributed by atoms with Gasteiger partial charge in [-0.05, 0) is 55.3 Å².